The molecule has 0 saturated carbocycles. The average Bonchev–Trinajstić information content (AvgIpc) is 3.10. The van der Waals surface area contributed by atoms with Gasteiger partial charge in [-0.15, -0.1) is 0 Å². The molecule has 0 aromatic heterocycles. The van der Waals surface area contributed by atoms with Crippen molar-refractivity contribution in [3.63, 3.8) is 0 Å². The van der Waals surface area contributed by atoms with Gasteiger partial charge < -0.3 is 109 Å². The molecule has 0 saturated heterocycles. The third-order valence-electron chi connectivity index (χ3n) is 8.35. The fourth-order valence-electron chi connectivity index (χ4n) is 5.98. The summed E-state index contributed by atoms with van der Waals surface area (Å²) in [6.07, 6.45) is -17.2. The molecule has 0 aliphatic heterocycles. The minimum Gasteiger partial charge on any atom is -0.395 e. The third kappa shape index (κ3) is 34.2. The minimum absolute atomic E-state index is 0.244. The van der Waals surface area contributed by atoms with Crippen LogP contribution in [-0.4, -0.2) is 302 Å². The molecule has 64 heavy (non-hydrogen) atoms. The fourth-order valence-corrected chi connectivity index (χ4v) is 9.09. The highest BCUT2D eigenvalue weighted by Gasteiger charge is 2.37. The lowest BCUT2D eigenvalue weighted by Crippen LogP contribution is -2.52. The Labute approximate surface area is 369 Å². The van der Waals surface area contributed by atoms with Gasteiger partial charge in [-0.3, -0.25) is 37.9 Å². The summed E-state index contributed by atoms with van der Waals surface area (Å²) in [5.41, 5.74) is 0. The first kappa shape index (κ1) is 63.9. The van der Waals surface area contributed by atoms with Gasteiger partial charge >= 0.3 is 30.4 Å². The Morgan fingerprint density at radius 1 is 0.391 bits per heavy atom. The van der Waals surface area contributed by atoms with Gasteiger partial charge in [0.1, 0.15) is 49.6 Å². The van der Waals surface area contributed by atoms with Crippen LogP contribution in [0.25, 0.3) is 0 Å². The summed E-state index contributed by atoms with van der Waals surface area (Å²) >= 11 is 0. The van der Waals surface area contributed by atoms with Gasteiger partial charge in [-0.2, -0.15) is 0 Å². The summed E-state index contributed by atoms with van der Waals surface area (Å²) in [5.74, 6) is 0. The molecular formula is C30H70N4O26P4. The van der Waals surface area contributed by atoms with E-state index in [-0.39, 0.29) is 26.2 Å². The van der Waals surface area contributed by atoms with E-state index in [1.807, 2.05) is 0 Å². The third-order valence-corrected chi connectivity index (χ3v) is 11.4. The molecule has 0 radical (unpaired) electrons. The first-order valence-electron chi connectivity index (χ1n) is 19.5. The SMILES string of the molecule is O=P(O)(O)CN(CCO)CC(O)COCC(O)C(OCC(O)CN(CCO)CP(=O)(O)O)C(O)C(COCC(O)CN(CCO)CP(=O)(O)O)OCC(O)CN(CCO)CP(=O)(O)O. The Morgan fingerprint density at radius 2 is 0.672 bits per heavy atom. The van der Waals surface area contributed by atoms with Gasteiger partial charge in [-0.05, 0) is 0 Å². The van der Waals surface area contributed by atoms with Crippen molar-refractivity contribution in [1.82, 2.24) is 19.6 Å². The zero-order valence-corrected chi connectivity index (χ0v) is 38.6. The summed E-state index contributed by atoms with van der Waals surface area (Å²) in [4.78, 5) is 79.0. The van der Waals surface area contributed by atoms with Crippen LogP contribution in [0.1, 0.15) is 0 Å². The molecule has 0 spiro atoms. The van der Waals surface area contributed by atoms with Crippen molar-refractivity contribution < 1.29 is 127 Å². The predicted octanol–water partition coefficient (Wildman–Crippen LogP) is -8.33. The molecule has 30 nitrogen and oxygen atoms in total. The molecule has 0 heterocycles. The van der Waals surface area contributed by atoms with Gasteiger partial charge in [0.05, 0.1) is 90.5 Å². The van der Waals surface area contributed by atoms with E-state index in [0.29, 0.717) is 0 Å². The van der Waals surface area contributed by atoms with Crippen LogP contribution < -0.4 is 0 Å². The van der Waals surface area contributed by atoms with Crippen LogP contribution in [0.4, 0.5) is 0 Å². The number of nitrogens with zero attached hydrogens (tertiary/aromatic N) is 4. The Morgan fingerprint density at radius 3 is 0.969 bits per heavy atom. The van der Waals surface area contributed by atoms with E-state index in [0.717, 1.165) is 19.6 Å². The summed E-state index contributed by atoms with van der Waals surface area (Å²) in [6.45, 7) is -9.45. The molecule has 386 valence electrons. The molecule has 0 aliphatic carbocycles. The normalized spacial score (nSPS) is 17.3. The number of ether oxygens (including phenoxy) is 4. The van der Waals surface area contributed by atoms with Crippen molar-refractivity contribution in [3.05, 3.63) is 0 Å². The van der Waals surface area contributed by atoms with Crippen LogP contribution in [0.15, 0.2) is 0 Å². The minimum atomic E-state index is -4.69. The molecule has 0 aliphatic rings. The maximum Gasteiger partial charge on any atom is 0.339 e. The van der Waals surface area contributed by atoms with Gasteiger partial charge in [0, 0.05) is 52.4 Å². The highest BCUT2D eigenvalue weighted by atomic mass is 31.2. The Balaban J connectivity index is 6.52. The van der Waals surface area contributed by atoms with Crippen LogP contribution in [0.3, 0.4) is 0 Å². The van der Waals surface area contributed by atoms with Crippen LogP contribution in [0.5, 0.6) is 0 Å². The topological polar surface area (TPSA) is 482 Å². The number of hydrogen-bond donors (Lipinski definition) is 18. The molecule has 34 heteroatoms. The van der Waals surface area contributed by atoms with Crippen molar-refractivity contribution in [2.75, 3.05) is 144 Å². The van der Waals surface area contributed by atoms with Crippen LogP contribution >= 0.6 is 30.4 Å². The lowest BCUT2D eigenvalue weighted by molar-refractivity contribution is -0.184. The van der Waals surface area contributed by atoms with Crippen molar-refractivity contribution >= 4 is 30.4 Å². The molecule has 0 bridgehead atoms. The smallest absolute Gasteiger partial charge is 0.339 e. The standard InChI is InChI=1S/C30H70N4O26P4/c35-5-1-31(19-61(45,46)47)9-23(39)13-57-17-27(43)30(60-16-26(42)12-34(4-8-38)22-64(54,55)56)29(44)28(59-15-25(41)11-33(3-7-37)21-63(51,52)53)18-58-14-24(40)10-32(2-6-36)20-62(48,49)50/h23-30,35-44H,1-22H2,(H2,45,46,47)(H2,48,49,50)(H2,51,52,53)(H2,54,55,56). The van der Waals surface area contributed by atoms with E-state index in [1.54, 1.807) is 0 Å². The highest BCUT2D eigenvalue weighted by molar-refractivity contribution is 7.52. The van der Waals surface area contributed by atoms with Crippen molar-refractivity contribution in [1.29, 1.82) is 0 Å². The Bertz CT molecular complexity index is 1410. The molecule has 0 amide bonds. The van der Waals surface area contributed by atoms with Crippen LogP contribution in [0, 0.1) is 0 Å². The second-order valence-corrected chi connectivity index (χ2v) is 21.3. The van der Waals surface area contributed by atoms with Crippen LogP contribution in [0.2, 0.25) is 0 Å². The zero-order chi connectivity index (χ0) is 49.3. The largest absolute Gasteiger partial charge is 0.395 e. The first-order valence-corrected chi connectivity index (χ1v) is 26.7. The lowest BCUT2D eigenvalue weighted by atomic mass is 10.0. The maximum atomic E-state index is 11.7. The Kier molecular flexibility index (Phi) is 32.6. The fraction of sp³-hybridized carbons (Fsp3) is 1.00. The van der Waals surface area contributed by atoms with Gasteiger partial charge in [0.25, 0.3) is 0 Å². The van der Waals surface area contributed by atoms with Gasteiger partial charge in [0.15, 0.2) is 0 Å². The lowest BCUT2D eigenvalue weighted by Gasteiger charge is -2.34. The number of rotatable bonds is 41. The zero-order valence-electron chi connectivity index (χ0n) is 35.1. The van der Waals surface area contributed by atoms with Gasteiger partial charge in [0.2, 0.25) is 0 Å². The van der Waals surface area contributed by atoms with Crippen molar-refractivity contribution in [2.45, 2.75) is 48.8 Å². The Hall–Kier alpha value is -0.120. The van der Waals surface area contributed by atoms with E-state index in [1.165, 1.54) is 0 Å². The molecule has 18 N–H and O–H groups in total. The quantitative estimate of drug-likeness (QED) is 0.0253. The predicted molar refractivity (Wildman–Crippen MR) is 219 cm³/mol. The van der Waals surface area contributed by atoms with E-state index in [9.17, 15) is 108 Å². The molecule has 8 unspecified atom stereocenters. The van der Waals surface area contributed by atoms with Crippen LogP contribution in [-0.2, 0) is 37.2 Å². The summed E-state index contributed by atoms with van der Waals surface area (Å²) < 4.78 is 68.5. The molecule has 0 aromatic carbocycles. The average molecular weight is 1030 g/mol. The maximum absolute atomic E-state index is 11.7. The summed E-state index contributed by atoms with van der Waals surface area (Å²) in [6, 6.07) is 0. The second-order valence-electron chi connectivity index (χ2n) is 14.8. The second kappa shape index (κ2) is 32.6. The summed E-state index contributed by atoms with van der Waals surface area (Å²) in [7, 11) is -18.6. The highest BCUT2D eigenvalue weighted by Crippen LogP contribution is 2.37. The monoisotopic (exact) mass is 1030 g/mol. The van der Waals surface area contributed by atoms with Crippen molar-refractivity contribution in [2.24, 2.45) is 0 Å². The molecule has 0 fully saturated rings. The molecule has 8 atom stereocenters. The van der Waals surface area contributed by atoms with E-state index < -0.39 is 197 Å². The van der Waals surface area contributed by atoms with Crippen molar-refractivity contribution in [3.8, 4) is 0 Å². The van der Waals surface area contributed by atoms with Gasteiger partial charge in [-0.25, -0.2) is 0 Å². The van der Waals surface area contributed by atoms with E-state index in [4.69, 9.17) is 18.9 Å². The summed E-state index contributed by atoms with van der Waals surface area (Å²) in [5, 5.41) is 103. The van der Waals surface area contributed by atoms with Gasteiger partial charge in [-0.1, -0.05) is 0 Å². The number of aliphatic hydroxyl groups is 10. The molecular weight excluding hydrogens is 956 g/mol. The molecule has 0 rings (SSSR count). The first-order chi connectivity index (χ1) is 29.5. The number of aliphatic hydroxyl groups excluding tert-OH is 10. The van der Waals surface area contributed by atoms with E-state index >= 15 is 0 Å². The van der Waals surface area contributed by atoms with E-state index in [2.05, 4.69) is 0 Å². The molecule has 0 aromatic rings. The number of hydrogen-bond acceptors (Lipinski definition) is 22.